The Morgan fingerprint density at radius 3 is 2.33 bits per heavy atom. The van der Waals surface area contributed by atoms with Crippen LogP contribution in [0, 0.1) is 24.5 Å². The largest absolute Gasteiger partial charge is 0.508 e. The molecule has 1 saturated heterocycles. The van der Waals surface area contributed by atoms with Crippen molar-refractivity contribution in [3.8, 4) is 11.5 Å². The quantitative estimate of drug-likeness (QED) is 0.264. The van der Waals surface area contributed by atoms with Gasteiger partial charge in [0.05, 0.1) is 23.9 Å². The standard InChI is InChI=1S/C28H25F2NO5/c1-15(2)14-36-23-11-6-18(12-16(23)3)26(33)24-25(17-4-8-20(32)9-5-17)31(28(35)27(24)34)22-10-7-19(29)13-21(22)30/h4-13,15,25,32-33H,14H2,1-3H3/b26-24+. The van der Waals surface area contributed by atoms with Crippen LogP contribution in [0.15, 0.2) is 66.2 Å². The van der Waals surface area contributed by atoms with Crippen molar-refractivity contribution >= 4 is 23.1 Å². The smallest absolute Gasteiger partial charge is 0.300 e. The van der Waals surface area contributed by atoms with E-state index >= 15 is 0 Å². The molecule has 3 aromatic rings. The van der Waals surface area contributed by atoms with Gasteiger partial charge in [0.15, 0.2) is 0 Å². The van der Waals surface area contributed by atoms with Gasteiger partial charge in [-0.15, -0.1) is 0 Å². The molecule has 0 bridgehead atoms. The zero-order valence-corrected chi connectivity index (χ0v) is 20.0. The molecule has 0 saturated carbocycles. The van der Waals surface area contributed by atoms with E-state index < -0.39 is 35.1 Å². The summed E-state index contributed by atoms with van der Waals surface area (Å²) in [6.45, 7) is 6.32. The maximum absolute atomic E-state index is 14.8. The summed E-state index contributed by atoms with van der Waals surface area (Å²) in [6, 6.07) is 11.9. The summed E-state index contributed by atoms with van der Waals surface area (Å²) >= 11 is 0. The van der Waals surface area contributed by atoms with Crippen molar-refractivity contribution in [2.75, 3.05) is 11.5 Å². The molecule has 0 spiro atoms. The van der Waals surface area contributed by atoms with E-state index in [1.807, 2.05) is 13.8 Å². The van der Waals surface area contributed by atoms with Gasteiger partial charge < -0.3 is 14.9 Å². The lowest BCUT2D eigenvalue weighted by atomic mass is 9.94. The molecular weight excluding hydrogens is 468 g/mol. The topological polar surface area (TPSA) is 87.1 Å². The van der Waals surface area contributed by atoms with Crippen molar-refractivity contribution in [2.45, 2.75) is 26.8 Å². The van der Waals surface area contributed by atoms with Crippen LogP contribution in [0.25, 0.3) is 5.76 Å². The van der Waals surface area contributed by atoms with Gasteiger partial charge >= 0.3 is 0 Å². The Balaban J connectivity index is 1.87. The summed E-state index contributed by atoms with van der Waals surface area (Å²) in [5.41, 5.74) is 0.741. The Bertz CT molecular complexity index is 1360. The number of aryl methyl sites for hydroxylation is 1. The van der Waals surface area contributed by atoms with Crippen LogP contribution in [0.4, 0.5) is 14.5 Å². The van der Waals surface area contributed by atoms with Crippen LogP contribution >= 0.6 is 0 Å². The third-order valence-corrected chi connectivity index (χ3v) is 5.84. The number of amides is 1. The molecule has 1 heterocycles. The van der Waals surface area contributed by atoms with Crippen LogP contribution in [0.1, 0.15) is 36.6 Å². The monoisotopic (exact) mass is 493 g/mol. The molecule has 1 atom stereocenters. The Morgan fingerprint density at radius 1 is 1.03 bits per heavy atom. The Hall–Kier alpha value is -4.20. The van der Waals surface area contributed by atoms with Gasteiger partial charge in [-0.1, -0.05) is 26.0 Å². The number of benzene rings is 3. The lowest BCUT2D eigenvalue weighted by Gasteiger charge is -2.26. The second-order valence-corrected chi connectivity index (χ2v) is 9.04. The highest BCUT2D eigenvalue weighted by atomic mass is 19.1. The number of aliphatic hydroxyl groups excluding tert-OH is 1. The van der Waals surface area contributed by atoms with Crippen molar-refractivity contribution in [3.63, 3.8) is 0 Å². The first-order chi connectivity index (χ1) is 17.1. The minimum absolute atomic E-state index is 0.0590. The third kappa shape index (κ3) is 4.66. The van der Waals surface area contributed by atoms with Gasteiger partial charge in [0, 0.05) is 11.6 Å². The molecule has 186 valence electrons. The second-order valence-electron chi connectivity index (χ2n) is 9.04. The number of phenols is 1. The first-order valence-electron chi connectivity index (χ1n) is 11.4. The molecule has 1 amide bonds. The predicted octanol–water partition coefficient (Wildman–Crippen LogP) is 5.64. The number of hydrogen-bond donors (Lipinski definition) is 2. The molecule has 3 aromatic carbocycles. The van der Waals surface area contributed by atoms with Crippen LogP contribution in [0.2, 0.25) is 0 Å². The average molecular weight is 494 g/mol. The van der Waals surface area contributed by atoms with E-state index in [0.717, 1.165) is 17.0 Å². The number of nitrogens with zero attached hydrogens (tertiary/aromatic N) is 1. The Morgan fingerprint density at radius 2 is 1.72 bits per heavy atom. The fourth-order valence-corrected chi connectivity index (χ4v) is 4.10. The molecule has 4 rings (SSSR count). The normalized spacial score (nSPS) is 17.2. The van der Waals surface area contributed by atoms with Crippen LogP contribution in [-0.4, -0.2) is 28.5 Å². The molecule has 0 aromatic heterocycles. The SMILES string of the molecule is Cc1cc(/C(O)=C2\C(=O)C(=O)N(c3ccc(F)cc3F)C2c2ccc(O)cc2)ccc1OCC(C)C. The number of Topliss-reactive ketones (excluding diaryl/α,β-unsaturated/α-hetero) is 1. The Labute approximate surface area is 207 Å². The van der Waals surface area contributed by atoms with Crippen molar-refractivity contribution in [3.05, 3.63) is 94.6 Å². The molecular formula is C28H25F2NO5. The van der Waals surface area contributed by atoms with Crippen molar-refractivity contribution < 1.29 is 33.3 Å². The highest BCUT2D eigenvalue weighted by Gasteiger charge is 2.47. The summed E-state index contributed by atoms with van der Waals surface area (Å²) in [5.74, 6) is -3.56. The predicted molar refractivity (Wildman–Crippen MR) is 131 cm³/mol. The van der Waals surface area contributed by atoms with Crippen LogP contribution in [-0.2, 0) is 9.59 Å². The number of hydrogen-bond acceptors (Lipinski definition) is 5. The highest BCUT2D eigenvalue weighted by Crippen LogP contribution is 2.43. The third-order valence-electron chi connectivity index (χ3n) is 5.84. The number of carbonyl (C=O) groups excluding carboxylic acids is 2. The van der Waals surface area contributed by atoms with Crippen molar-refractivity contribution in [1.29, 1.82) is 0 Å². The lowest BCUT2D eigenvalue weighted by molar-refractivity contribution is -0.132. The van der Waals surface area contributed by atoms with E-state index in [2.05, 4.69) is 0 Å². The van der Waals surface area contributed by atoms with Crippen molar-refractivity contribution in [1.82, 2.24) is 0 Å². The van der Waals surface area contributed by atoms with Gasteiger partial charge in [-0.25, -0.2) is 8.78 Å². The van der Waals surface area contributed by atoms with Crippen LogP contribution in [0.5, 0.6) is 11.5 Å². The summed E-state index contributed by atoms with van der Waals surface area (Å²) in [4.78, 5) is 27.2. The first kappa shape index (κ1) is 24.9. The number of anilines is 1. The Kier molecular flexibility index (Phi) is 6.79. The van der Waals surface area contributed by atoms with Gasteiger partial charge in [0.2, 0.25) is 0 Å². The number of carbonyl (C=O) groups is 2. The summed E-state index contributed by atoms with van der Waals surface area (Å²) in [6.07, 6.45) is 0. The second kappa shape index (κ2) is 9.81. The summed E-state index contributed by atoms with van der Waals surface area (Å²) in [5, 5.41) is 21.0. The molecule has 36 heavy (non-hydrogen) atoms. The molecule has 1 aliphatic heterocycles. The van der Waals surface area contributed by atoms with E-state index in [9.17, 15) is 28.6 Å². The highest BCUT2D eigenvalue weighted by molar-refractivity contribution is 6.51. The van der Waals surface area contributed by atoms with E-state index in [-0.39, 0.29) is 22.6 Å². The zero-order valence-electron chi connectivity index (χ0n) is 20.0. The molecule has 0 aliphatic carbocycles. The molecule has 0 radical (unpaired) electrons. The lowest BCUT2D eigenvalue weighted by Crippen LogP contribution is -2.30. The summed E-state index contributed by atoms with van der Waals surface area (Å²) < 4.78 is 34.1. The maximum atomic E-state index is 14.8. The molecule has 1 aliphatic rings. The molecule has 2 N–H and O–H groups in total. The number of halogens is 2. The van der Waals surface area contributed by atoms with E-state index in [1.54, 1.807) is 25.1 Å². The molecule has 8 heteroatoms. The summed E-state index contributed by atoms with van der Waals surface area (Å²) in [7, 11) is 0. The number of ketones is 1. The minimum atomic E-state index is -1.22. The van der Waals surface area contributed by atoms with Gasteiger partial charge in [-0.2, -0.15) is 0 Å². The zero-order chi connectivity index (χ0) is 26.1. The van der Waals surface area contributed by atoms with E-state index in [0.29, 0.717) is 35.5 Å². The minimum Gasteiger partial charge on any atom is -0.508 e. The number of ether oxygens (including phenoxy) is 1. The van der Waals surface area contributed by atoms with Gasteiger partial charge in [0.25, 0.3) is 11.7 Å². The fourth-order valence-electron chi connectivity index (χ4n) is 4.10. The van der Waals surface area contributed by atoms with Gasteiger partial charge in [0.1, 0.15) is 28.9 Å². The van der Waals surface area contributed by atoms with Crippen molar-refractivity contribution in [2.24, 2.45) is 5.92 Å². The van der Waals surface area contributed by atoms with Gasteiger partial charge in [-0.3, -0.25) is 14.5 Å². The molecule has 1 fully saturated rings. The number of aromatic hydroxyl groups is 1. The van der Waals surface area contributed by atoms with E-state index in [1.165, 1.54) is 24.3 Å². The van der Waals surface area contributed by atoms with E-state index in [4.69, 9.17) is 4.74 Å². The average Bonchev–Trinajstić information content (AvgIpc) is 3.08. The van der Waals surface area contributed by atoms with Gasteiger partial charge in [-0.05, 0) is 66.4 Å². The fraction of sp³-hybridized carbons (Fsp3) is 0.214. The van der Waals surface area contributed by atoms with Crippen LogP contribution < -0.4 is 9.64 Å². The number of aliphatic hydroxyl groups is 1. The molecule has 1 unspecified atom stereocenters. The molecule has 6 nitrogen and oxygen atoms in total. The maximum Gasteiger partial charge on any atom is 0.300 e. The number of rotatable bonds is 6. The number of phenolic OH excluding ortho intramolecular Hbond substituents is 1. The first-order valence-corrected chi connectivity index (χ1v) is 11.4. The van der Waals surface area contributed by atoms with Crippen LogP contribution in [0.3, 0.4) is 0 Å².